The molecule has 0 spiro atoms. The van der Waals surface area contributed by atoms with Gasteiger partial charge in [0.15, 0.2) is 0 Å². The molecule has 0 fully saturated rings. The second-order valence-corrected chi connectivity index (χ2v) is 11.9. The molecular formula is C30H45N7O18. The van der Waals surface area contributed by atoms with Crippen LogP contribution in [0.4, 0.5) is 0 Å². The number of carbonyl (C=O) groups excluding carboxylic acids is 6. The highest BCUT2D eigenvalue weighted by molar-refractivity contribution is 5.97. The van der Waals surface area contributed by atoms with Crippen LogP contribution in [0, 0.1) is 0 Å². The molecule has 55 heavy (non-hydrogen) atoms. The number of nitrogens with one attached hydrogen (secondary N) is 5. The molecule has 0 heterocycles. The standard InChI is InChI=1S/C30H45N7O18/c31-13(1-7-19(38)39)26(51)34-15(3-9-21(42)43)28(53)36-17(5-11-23(46)47)30(55)37-18(6-12-24(48)49)29(54)35-16(4-10-22(44)45)27(52)33-14(25(32)50)2-8-20(40)41/h13-18H,1-12,31H2,(H2,32,50)(H,33,52)(H,34,51)(H,35,54)(H,36,53)(H,37,55)(H,38,39)(H,40,41)(H,42,43)(H,44,45)(H,46,47)(H,48,49)/t13-,14-,15-,16-,17-,18-/m1/s1. The highest BCUT2D eigenvalue weighted by atomic mass is 16.4. The minimum absolute atomic E-state index is 0.382. The van der Waals surface area contributed by atoms with Crippen molar-refractivity contribution < 1.29 is 88.2 Å². The van der Waals surface area contributed by atoms with Gasteiger partial charge in [0.25, 0.3) is 0 Å². The molecule has 0 aliphatic heterocycles. The smallest absolute Gasteiger partial charge is 0.303 e. The molecule has 25 nitrogen and oxygen atoms in total. The van der Waals surface area contributed by atoms with Gasteiger partial charge in [0.1, 0.15) is 30.2 Å². The van der Waals surface area contributed by atoms with Gasteiger partial charge in [0, 0.05) is 38.5 Å². The third-order valence-corrected chi connectivity index (χ3v) is 7.43. The molecule has 0 unspecified atom stereocenters. The van der Waals surface area contributed by atoms with Gasteiger partial charge < -0.3 is 68.7 Å². The molecule has 0 aliphatic carbocycles. The molecule has 6 atom stereocenters. The van der Waals surface area contributed by atoms with Crippen molar-refractivity contribution in [1.82, 2.24) is 26.6 Å². The van der Waals surface area contributed by atoms with E-state index in [0.29, 0.717) is 0 Å². The number of amides is 6. The fraction of sp³-hybridized carbons (Fsp3) is 0.600. The molecule has 15 N–H and O–H groups in total. The Morgan fingerprint density at radius 3 is 0.782 bits per heavy atom. The van der Waals surface area contributed by atoms with Crippen LogP contribution in [0.25, 0.3) is 0 Å². The summed E-state index contributed by atoms with van der Waals surface area (Å²) in [7, 11) is 0. The molecular weight excluding hydrogens is 746 g/mol. The van der Waals surface area contributed by atoms with Crippen molar-refractivity contribution in [2.75, 3.05) is 0 Å². The number of hydrogen-bond acceptors (Lipinski definition) is 13. The van der Waals surface area contributed by atoms with E-state index in [0.717, 1.165) is 0 Å². The highest BCUT2D eigenvalue weighted by Gasteiger charge is 2.33. The molecule has 0 aromatic rings. The summed E-state index contributed by atoms with van der Waals surface area (Å²) in [5.74, 6) is -15.8. The van der Waals surface area contributed by atoms with Gasteiger partial charge in [-0.15, -0.1) is 0 Å². The second kappa shape index (κ2) is 24.8. The van der Waals surface area contributed by atoms with Crippen LogP contribution in [-0.2, 0) is 57.5 Å². The van der Waals surface area contributed by atoms with E-state index in [1.165, 1.54) is 0 Å². The number of aliphatic carboxylic acids is 6. The SMILES string of the molecule is NC(=O)[C@@H](CCC(=O)O)NC(=O)[C@@H](CCC(=O)O)NC(=O)[C@@H](CCC(=O)O)NC(=O)[C@@H](CCC(=O)O)NC(=O)[C@@H](CCC(=O)O)NC(=O)[C@H](N)CCC(=O)O. The van der Waals surface area contributed by atoms with E-state index in [4.69, 9.17) is 31.9 Å². The van der Waals surface area contributed by atoms with Crippen LogP contribution in [0.1, 0.15) is 77.0 Å². The number of hydrogen-bond donors (Lipinski definition) is 13. The number of carbonyl (C=O) groups is 12. The van der Waals surface area contributed by atoms with Gasteiger partial charge in [-0.25, -0.2) is 0 Å². The Bertz CT molecular complexity index is 1470. The Morgan fingerprint density at radius 1 is 0.345 bits per heavy atom. The molecule has 6 amide bonds. The summed E-state index contributed by atoms with van der Waals surface area (Å²) >= 11 is 0. The fourth-order valence-corrected chi connectivity index (χ4v) is 4.48. The van der Waals surface area contributed by atoms with Gasteiger partial charge in [-0.3, -0.25) is 57.5 Å². The number of carboxylic acids is 6. The van der Waals surface area contributed by atoms with Gasteiger partial charge in [0.2, 0.25) is 35.4 Å². The minimum atomic E-state index is -1.87. The molecule has 0 radical (unpaired) electrons. The summed E-state index contributed by atoms with van der Waals surface area (Å²) in [5.41, 5.74) is 10.9. The van der Waals surface area contributed by atoms with Crippen LogP contribution in [0.15, 0.2) is 0 Å². The molecule has 0 saturated carbocycles. The Morgan fingerprint density at radius 2 is 0.545 bits per heavy atom. The third kappa shape index (κ3) is 21.7. The maximum Gasteiger partial charge on any atom is 0.303 e. The lowest BCUT2D eigenvalue weighted by Gasteiger charge is -2.27. The maximum atomic E-state index is 13.4. The lowest BCUT2D eigenvalue weighted by atomic mass is 10.0. The summed E-state index contributed by atoms with van der Waals surface area (Å²) in [5, 5.41) is 65.0. The van der Waals surface area contributed by atoms with Crippen LogP contribution in [0.3, 0.4) is 0 Å². The predicted octanol–water partition coefficient (Wildman–Crippen LogP) is -4.59. The summed E-state index contributed by atoms with van der Waals surface area (Å²) in [6.07, 6.45) is -7.74. The molecule has 0 rings (SSSR count). The molecule has 0 aromatic heterocycles. The van der Waals surface area contributed by atoms with E-state index >= 15 is 0 Å². The highest BCUT2D eigenvalue weighted by Crippen LogP contribution is 2.09. The van der Waals surface area contributed by atoms with Crippen LogP contribution >= 0.6 is 0 Å². The zero-order valence-corrected chi connectivity index (χ0v) is 29.2. The summed E-state index contributed by atoms with van der Waals surface area (Å²) in [6, 6.07) is -10.3. The van der Waals surface area contributed by atoms with Gasteiger partial charge in [0.05, 0.1) is 6.04 Å². The van der Waals surface area contributed by atoms with E-state index in [-0.39, 0.29) is 6.42 Å². The van der Waals surface area contributed by atoms with Crippen LogP contribution in [0.5, 0.6) is 0 Å². The normalized spacial score (nSPS) is 13.9. The van der Waals surface area contributed by atoms with Crippen LogP contribution in [0.2, 0.25) is 0 Å². The maximum absolute atomic E-state index is 13.4. The Balaban J connectivity index is 6.41. The minimum Gasteiger partial charge on any atom is -0.481 e. The van der Waals surface area contributed by atoms with Gasteiger partial charge in [-0.1, -0.05) is 0 Å². The first-order valence-corrected chi connectivity index (χ1v) is 16.4. The molecule has 25 heteroatoms. The van der Waals surface area contributed by atoms with E-state index in [2.05, 4.69) is 26.6 Å². The van der Waals surface area contributed by atoms with Crippen molar-refractivity contribution in [3.63, 3.8) is 0 Å². The Labute approximate surface area is 310 Å². The van der Waals surface area contributed by atoms with Gasteiger partial charge >= 0.3 is 35.8 Å². The molecule has 0 aliphatic rings. The largest absolute Gasteiger partial charge is 0.481 e. The summed E-state index contributed by atoms with van der Waals surface area (Å²) in [6.45, 7) is 0. The van der Waals surface area contributed by atoms with Crippen molar-refractivity contribution in [2.45, 2.75) is 113 Å². The molecule has 0 aromatic carbocycles. The van der Waals surface area contributed by atoms with Gasteiger partial charge in [-0.2, -0.15) is 0 Å². The van der Waals surface area contributed by atoms with Crippen molar-refractivity contribution in [3.8, 4) is 0 Å². The molecule has 308 valence electrons. The van der Waals surface area contributed by atoms with Crippen molar-refractivity contribution in [1.29, 1.82) is 0 Å². The first-order valence-electron chi connectivity index (χ1n) is 16.4. The zero-order valence-electron chi connectivity index (χ0n) is 29.2. The number of rotatable bonds is 29. The molecule has 0 saturated heterocycles. The summed E-state index contributed by atoms with van der Waals surface area (Å²) in [4.78, 5) is 144. The molecule has 0 bridgehead atoms. The first kappa shape index (κ1) is 48.6. The monoisotopic (exact) mass is 791 g/mol. The zero-order chi connectivity index (χ0) is 42.4. The van der Waals surface area contributed by atoms with Crippen LogP contribution < -0.4 is 38.1 Å². The second-order valence-electron chi connectivity index (χ2n) is 11.9. The fourth-order valence-electron chi connectivity index (χ4n) is 4.48. The van der Waals surface area contributed by atoms with Crippen molar-refractivity contribution >= 4 is 71.3 Å². The van der Waals surface area contributed by atoms with Crippen molar-refractivity contribution in [2.24, 2.45) is 11.5 Å². The quantitative estimate of drug-likeness (QED) is 0.0339. The van der Waals surface area contributed by atoms with E-state index in [9.17, 15) is 67.7 Å². The third-order valence-electron chi connectivity index (χ3n) is 7.43. The number of carboxylic acid groups (broad SMARTS) is 6. The average Bonchev–Trinajstić information content (AvgIpc) is 3.07. The Hall–Kier alpha value is -6.40. The number of nitrogens with two attached hydrogens (primary N) is 2. The lowest BCUT2D eigenvalue weighted by molar-refractivity contribution is -0.141. The Kier molecular flexibility index (Phi) is 21.9. The van der Waals surface area contributed by atoms with E-state index in [1.54, 1.807) is 0 Å². The summed E-state index contributed by atoms with van der Waals surface area (Å²) < 4.78 is 0. The first-order chi connectivity index (χ1) is 25.5. The lowest BCUT2D eigenvalue weighted by Crippen LogP contribution is -2.59. The van der Waals surface area contributed by atoms with Gasteiger partial charge in [-0.05, 0) is 38.5 Å². The topological polar surface area (TPSA) is 438 Å². The van der Waals surface area contributed by atoms with E-state index < -0.39 is 178 Å². The van der Waals surface area contributed by atoms with Crippen molar-refractivity contribution in [3.05, 3.63) is 0 Å². The number of primary amides is 1. The van der Waals surface area contributed by atoms with E-state index in [1.807, 2.05) is 0 Å². The average molecular weight is 792 g/mol. The predicted molar refractivity (Wildman–Crippen MR) is 178 cm³/mol. The van der Waals surface area contributed by atoms with Crippen LogP contribution in [-0.4, -0.2) is 138 Å².